The van der Waals surface area contributed by atoms with Gasteiger partial charge in [-0.1, -0.05) is 375 Å². The molecule has 0 aromatic heterocycles. The summed E-state index contributed by atoms with van der Waals surface area (Å²) >= 11 is 0. The number of carbonyl (C=O) groups is 4. The number of phosphoric ester groups is 2. The standard InChI is InChI=1S/C81H158O17P2/c1-7-10-12-14-15-16-17-18-19-20-21-22-23-24-25-32-37-42-47-53-59-66-81(86)98-77(70-92-79(84)64-58-52-46-41-36-31-27-26-30-35-40-45-51-56-62-74(6)9-3)72-96-100(89,90)94-68-75(82)67-93-99(87,88)95-71-76(69-91-78(83)63-57-49-13-11-8-2)97-80(85)65-60-54-48-43-38-33-28-29-34-39-44-50-55-61-73(4)5/h73-77,82H,7-72H2,1-6H3,(H,87,88)(H,89,90)/t74?,75-,76+,77+/m0/s1. The predicted octanol–water partition coefficient (Wildman–Crippen LogP) is 24.3. The van der Waals surface area contributed by atoms with Crippen molar-refractivity contribution in [1.82, 2.24) is 0 Å². The predicted molar refractivity (Wildman–Crippen MR) is 409 cm³/mol. The van der Waals surface area contributed by atoms with Crippen LogP contribution in [0.4, 0.5) is 0 Å². The third-order valence-electron chi connectivity index (χ3n) is 19.3. The fourth-order valence-corrected chi connectivity index (χ4v) is 14.1. The summed E-state index contributed by atoms with van der Waals surface area (Å²) in [7, 11) is -9.91. The molecule has 100 heavy (non-hydrogen) atoms. The number of aliphatic hydroxyl groups is 1. The second-order valence-corrected chi connectivity index (χ2v) is 32.8. The van der Waals surface area contributed by atoms with Crippen LogP contribution in [0, 0.1) is 11.8 Å². The lowest BCUT2D eigenvalue weighted by atomic mass is 9.99. The second-order valence-electron chi connectivity index (χ2n) is 29.9. The van der Waals surface area contributed by atoms with Gasteiger partial charge in [0.05, 0.1) is 26.4 Å². The highest BCUT2D eigenvalue weighted by Gasteiger charge is 2.30. The Bertz CT molecular complexity index is 1930. The van der Waals surface area contributed by atoms with Crippen LogP contribution in [0.1, 0.15) is 427 Å². The summed E-state index contributed by atoms with van der Waals surface area (Å²) in [5.41, 5.74) is 0. The molecule has 0 rings (SSSR count). The molecule has 0 fully saturated rings. The van der Waals surface area contributed by atoms with Crippen molar-refractivity contribution in [3.8, 4) is 0 Å². The van der Waals surface area contributed by atoms with Crippen LogP contribution < -0.4 is 0 Å². The quantitative estimate of drug-likeness (QED) is 0.0222. The van der Waals surface area contributed by atoms with Crippen molar-refractivity contribution in [2.45, 2.75) is 445 Å². The van der Waals surface area contributed by atoms with E-state index < -0.39 is 97.5 Å². The first-order chi connectivity index (χ1) is 48.4. The molecule has 0 saturated heterocycles. The Labute approximate surface area is 613 Å². The normalized spacial score (nSPS) is 14.2. The van der Waals surface area contributed by atoms with E-state index in [0.717, 1.165) is 108 Å². The minimum absolute atomic E-state index is 0.106. The topological polar surface area (TPSA) is 237 Å². The van der Waals surface area contributed by atoms with Crippen LogP contribution in [0.25, 0.3) is 0 Å². The van der Waals surface area contributed by atoms with E-state index in [1.165, 1.54) is 238 Å². The summed E-state index contributed by atoms with van der Waals surface area (Å²) < 4.78 is 68.5. The first kappa shape index (κ1) is 98.1. The molecule has 0 radical (unpaired) electrons. The Kier molecular flexibility index (Phi) is 71.2. The van der Waals surface area contributed by atoms with Crippen LogP contribution in [-0.4, -0.2) is 96.7 Å². The van der Waals surface area contributed by atoms with Gasteiger partial charge in [-0.2, -0.15) is 0 Å². The molecular formula is C81H158O17P2. The van der Waals surface area contributed by atoms with Crippen molar-refractivity contribution in [2.75, 3.05) is 39.6 Å². The fraction of sp³-hybridized carbons (Fsp3) is 0.951. The van der Waals surface area contributed by atoms with Gasteiger partial charge in [-0.15, -0.1) is 0 Å². The fourth-order valence-electron chi connectivity index (χ4n) is 12.5. The maximum atomic E-state index is 13.1. The molecule has 594 valence electrons. The molecule has 0 heterocycles. The lowest BCUT2D eigenvalue weighted by molar-refractivity contribution is -0.161. The van der Waals surface area contributed by atoms with E-state index in [4.69, 9.17) is 37.0 Å². The van der Waals surface area contributed by atoms with Crippen LogP contribution in [0.5, 0.6) is 0 Å². The van der Waals surface area contributed by atoms with Gasteiger partial charge in [0.25, 0.3) is 0 Å². The monoisotopic (exact) mass is 1470 g/mol. The Morgan fingerprint density at radius 2 is 0.510 bits per heavy atom. The molecule has 0 saturated carbocycles. The van der Waals surface area contributed by atoms with Gasteiger partial charge in [-0.3, -0.25) is 37.3 Å². The van der Waals surface area contributed by atoms with Crippen LogP contribution in [-0.2, 0) is 65.4 Å². The van der Waals surface area contributed by atoms with Gasteiger partial charge in [0.15, 0.2) is 12.2 Å². The smallest absolute Gasteiger partial charge is 0.462 e. The van der Waals surface area contributed by atoms with E-state index in [0.29, 0.717) is 25.7 Å². The highest BCUT2D eigenvalue weighted by Crippen LogP contribution is 2.45. The molecule has 0 spiro atoms. The van der Waals surface area contributed by atoms with E-state index >= 15 is 0 Å². The van der Waals surface area contributed by atoms with Crippen LogP contribution in [0.3, 0.4) is 0 Å². The van der Waals surface area contributed by atoms with Gasteiger partial charge in [0.1, 0.15) is 19.3 Å². The molecule has 0 aromatic rings. The number of hydrogen-bond acceptors (Lipinski definition) is 15. The van der Waals surface area contributed by atoms with Gasteiger partial charge in [-0.05, 0) is 37.5 Å². The van der Waals surface area contributed by atoms with Crippen molar-refractivity contribution >= 4 is 39.5 Å². The van der Waals surface area contributed by atoms with E-state index in [1.807, 2.05) is 0 Å². The lowest BCUT2D eigenvalue weighted by Gasteiger charge is -2.21. The average Bonchev–Trinajstić information content (AvgIpc) is 0.954. The number of esters is 4. The van der Waals surface area contributed by atoms with Gasteiger partial charge in [0.2, 0.25) is 0 Å². The van der Waals surface area contributed by atoms with Crippen molar-refractivity contribution in [3.05, 3.63) is 0 Å². The Balaban J connectivity index is 5.12. The van der Waals surface area contributed by atoms with Gasteiger partial charge >= 0.3 is 39.5 Å². The van der Waals surface area contributed by atoms with Gasteiger partial charge < -0.3 is 33.8 Å². The highest BCUT2D eigenvalue weighted by molar-refractivity contribution is 7.47. The zero-order chi connectivity index (χ0) is 73.5. The number of hydrogen-bond donors (Lipinski definition) is 3. The third-order valence-corrected chi connectivity index (χ3v) is 21.2. The van der Waals surface area contributed by atoms with Gasteiger partial charge in [-0.25, -0.2) is 9.13 Å². The number of ether oxygens (including phenoxy) is 4. The number of aliphatic hydroxyl groups excluding tert-OH is 1. The van der Waals surface area contributed by atoms with E-state index in [9.17, 15) is 43.2 Å². The summed E-state index contributed by atoms with van der Waals surface area (Å²) in [6.07, 6.45) is 62.9. The molecule has 19 heteroatoms. The molecule has 0 aliphatic heterocycles. The van der Waals surface area contributed by atoms with Gasteiger partial charge in [0, 0.05) is 25.7 Å². The molecule has 17 nitrogen and oxygen atoms in total. The maximum Gasteiger partial charge on any atom is 0.472 e. The summed E-state index contributed by atoms with van der Waals surface area (Å²) in [4.78, 5) is 72.7. The largest absolute Gasteiger partial charge is 0.472 e. The molecule has 0 amide bonds. The lowest BCUT2D eigenvalue weighted by Crippen LogP contribution is -2.30. The Hall–Kier alpha value is -1.94. The van der Waals surface area contributed by atoms with E-state index in [-0.39, 0.29) is 25.7 Å². The summed E-state index contributed by atoms with van der Waals surface area (Å²) in [5, 5.41) is 10.6. The highest BCUT2D eigenvalue weighted by atomic mass is 31.2. The third kappa shape index (κ3) is 73.0. The minimum Gasteiger partial charge on any atom is -0.462 e. The van der Waals surface area contributed by atoms with Crippen molar-refractivity contribution in [1.29, 1.82) is 0 Å². The van der Waals surface area contributed by atoms with Crippen molar-refractivity contribution in [2.24, 2.45) is 11.8 Å². The Morgan fingerprint density at radius 3 is 0.760 bits per heavy atom. The molecule has 0 aromatic carbocycles. The number of rotatable bonds is 80. The van der Waals surface area contributed by atoms with Crippen molar-refractivity contribution in [3.63, 3.8) is 0 Å². The first-order valence-electron chi connectivity index (χ1n) is 42.0. The Morgan fingerprint density at radius 1 is 0.290 bits per heavy atom. The molecule has 3 N–H and O–H groups in total. The first-order valence-corrected chi connectivity index (χ1v) is 45.0. The molecule has 0 aliphatic carbocycles. The number of carbonyl (C=O) groups excluding carboxylic acids is 4. The SMILES string of the molecule is CCCCCCCCCCCCCCCCCCCCCCCC(=O)O[C@H](COC(=O)CCCCCCCCCCCCCCCCC(C)CC)COP(=O)(O)OC[C@@H](O)COP(=O)(O)OC[C@@H](COC(=O)CCCCCCC)OC(=O)CCCCCCCCCCCCCCCC(C)C. The van der Waals surface area contributed by atoms with Crippen molar-refractivity contribution < 1.29 is 80.2 Å². The van der Waals surface area contributed by atoms with Crippen LogP contribution in [0.15, 0.2) is 0 Å². The summed E-state index contributed by atoms with van der Waals surface area (Å²) in [6.45, 7) is 9.61. The number of phosphoric acid groups is 2. The van der Waals surface area contributed by atoms with E-state index in [1.54, 1.807) is 0 Å². The molecule has 0 bridgehead atoms. The minimum atomic E-state index is -4.96. The molecular weight excluding hydrogens is 1310 g/mol. The van der Waals surface area contributed by atoms with E-state index in [2.05, 4.69) is 41.5 Å². The van der Waals surface area contributed by atoms with Crippen LogP contribution in [0.2, 0.25) is 0 Å². The number of unbranched alkanes of at least 4 members (excludes halogenated alkanes) is 49. The average molecular weight is 1470 g/mol. The summed E-state index contributed by atoms with van der Waals surface area (Å²) in [5.74, 6) is -0.484. The second kappa shape index (κ2) is 72.6. The molecule has 0 aliphatic rings. The maximum absolute atomic E-state index is 13.1. The molecule has 6 atom stereocenters. The summed E-state index contributed by atoms with van der Waals surface area (Å²) in [6, 6.07) is 0. The molecule has 3 unspecified atom stereocenters. The zero-order valence-corrected chi connectivity index (χ0v) is 67.3. The van der Waals surface area contributed by atoms with Crippen LogP contribution >= 0.6 is 15.6 Å². The zero-order valence-electron chi connectivity index (χ0n) is 65.5.